The van der Waals surface area contributed by atoms with Crippen LogP contribution < -0.4 is 5.32 Å². The van der Waals surface area contributed by atoms with Gasteiger partial charge in [0.15, 0.2) is 0 Å². The van der Waals surface area contributed by atoms with Crippen LogP contribution in [0.1, 0.15) is 73.6 Å². The SMILES string of the molecule is CCCC1CC(C(C)C)CCC1CNC(C)(C)C. The molecular formula is C17H35N. The summed E-state index contributed by atoms with van der Waals surface area (Å²) in [6.07, 6.45) is 7.15. The molecule has 1 rings (SSSR count). The maximum Gasteiger partial charge on any atom is 0.00966 e. The van der Waals surface area contributed by atoms with Crippen molar-refractivity contribution in [2.45, 2.75) is 79.2 Å². The first kappa shape index (κ1) is 16.0. The second-order valence-corrected chi connectivity index (χ2v) is 7.76. The molecule has 0 saturated heterocycles. The van der Waals surface area contributed by atoms with Gasteiger partial charge in [0.2, 0.25) is 0 Å². The van der Waals surface area contributed by atoms with E-state index in [1.807, 2.05) is 0 Å². The molecule has 0 aromatic carbocycles. The van der Waals surface area contributed by atoms with Gasteiger partial charge in [-0.25, -0.2) is 0 Å². The van der Waals surface area contributed by atoms with Gasteiger partial charge in [-0.1, -0.05) is 33.6 Å². The summed E-state index contributed by atoms with van der Waals surface area (Å²) in [7, 11) is 0. The van der Waals surface area contributed by atoms with Gasteiger partial charge in [-0.2, -0.15) is 0 Å². The average Bonchev–Trinajstić information content (AvgIpc) is 2.26. The fourth-order valence-corrected chi connectivity index (χ4v) is 3.40. The molecule has 1 heteroatoms. The minimum absolute atomic E-state index is 0.270. The largest absolute Gasteiger partial charge is 0.312 e. The van der Waals surface area contributed by atoms with Crippen molar-refractivity contribution in [1.29, 1.82) is 0 Å². The Balaban J connectivity index is 2.51. The van der Waals surface area contributed by atoms with E-state index in [4.69, 9.17) is 0 Å². The van der Waals surface area contributed by atoms with Crippen LogP contribution >= 0.6 is 0 Å². The molecule has 0 amide bonds. The van der Waals surface area contributed by atoms with E-state index in [0.717, 1.165) is 23.7 Å². The predicted octanol–water partition coefficient (Wildman–Crippen LogP) is 4.86. The Bertz CT molecular complexity index is 226. The zero-order valence-electron chi connectivity index (χ0n) is 13.6. The van der Waals surface area contributed by atoms with Crippen molar-refractivity contribution in [2.75, 3.05) is 6.54 Å². The molecule has 0 bridgehead atoms. The summed E-state index contributed by atoms with van der Waals surface area (Å²) in [5, 5.41) is 3.72. The van der Waals surface area contributed by atoms with Crippen molar-refractivity contribution >= 4 is 0 Å². The van der Waals surface area contributed by atoms with Crippen LogP contribution in [-0.2, 0) is 0 Å². The Hall–Kier alpha value is -0.0400. The summed E-state index contributed by atoms with van der Waals surface area (Å²) in [6, 6.07) is 0. The summed E-state index contributed by atoms with van der Waals surface area (Å²) in [5.74, 6) is 3.73. The van der Waals surface area contributed by atoms with E-state index < -0.39 is 0 Å². The highest BCUT2D eigenvalue weighted by atomic mass is 14.9. The molecular weight excluding hydrogens is 218 g/mol. The normalized spacial score (nSPS) is 29.8. The van der Waals surface area contributed by atoms with Gasteiger partial charge in [0, 0.05) is 5.54 Å². The average molecular weight is 253 g/mol. The van der Waals surface area contributed by atoms with Gasteiger partial charge in [-0.15, -0.1) is 0 Å². The zero-order chi connectivity index (χ0) is 13.8. The minimum Gasteiger partial charge on any atom is -0.312 e. The first-order valence-corrected chi connectivity index (χ1v) is 8.08. The van der Waals surface area contributed by atoms with Gasteiger partial charge < -0.3 is 5.32 Å². The third-order valence-corrected chi connectivity index (χ3v) is 4.68. The molecule has 3 atom stereocenters. The van der Waals surface area contributed by atoms with Crippen molar-refractivity contribution in [3.8, 4) is 0 Å². The molecule has 1 aliphatic carbocycles. The lowest BCUT2D eigenvalue weighted by Crippen LogP contribution is -2.42. The van der Waals surface area contributed by atoms with Gasteiger partial charge >= 0.3 is 0 Å². The van der Waals surface area contributed by atoms with Crippen LogP contribution in [0.4, 0.5) is 0 Å². The molecule has 1 aliphatic rings. The van der Waals surface area contributed by atoms with Crippen LogP contribution in [0.3, 0.4) is 0 Å². The van der Waals surface area contributed by atoms with E-state index in [1.165, 1.54) is 38.6 Å². The topological polar surface area (TPSA) is 12.0 Å². The highest BCUT2D eigenvalue weighted by Gasteiger charge is 2.31. The first-order valence-electron chi connectivity index (χ1n) is 8.08. The van der Waals surface area contributed by atoms with Gasteiger partial charge in [0.1, 0.15) is 0 Å². The van der Waals surface area contributed by atoms with Crippen LogP contribution in [0.2, 0.25) is 0 Å². The molecule has 1 nitrogen and oxygen atoms in total. The smallest absolute Gasteiger partial charge is 0.00966 e. The monoisotopic (exact) mass is 253 g/mol. The molecule has 1 fully saturated rings. The minimum atomic E-state index is 0.270. The van der Waals surface area contributed by atoms with Crippen LogP contribution in [-0.4, -0.2) is 12.1 Å². The second kappa shape index (κ2) is 6.93. The molecule has 3 unspecified atom stereocenters. The molecule has 0 heterocycles. The third-order valence-electron chi connectivity index (χ3n) is 4.68. The van der Waals surface area contributed by atoms with Crippen LogP contribution in [0.5, 0.6) is 0 Å². The lowest BCUT2D eigenvalue weighted by Gasteiger charge is -2.39. The third kappa shape index (κ3) is 5.30. The van der Waals surface area contributed by atoms with E-state index in [0.29, 0.717) is 0 Å². The summed E-state index contributed by atoms with van der Waals surface area (Å²) in [5.41, 5.74) is 0.270. The van der Waals surface area contributed by atoms with E-state index in [2.05, 4.69) is 46.9 Å². The van der Waals surface area contributed by atoms with Gasteiger partial charge in [0.25, 0.3) is 0 Å². The Kier molecular flexibility index (Phi) is 6.17. The van der Waals surface area contributed by atoms with Gasteiger partial charge in [-0.3, -0.25) is 0 Å². The number of nitrogens with one attached hydrogen (secondary N) is 1. The van der Waals surface area contributed by atoms with Crippen LogP contribution in [0.25, 0.3) is 0 Å². The fraction of sp³-hybridized carbons (Fsp3) is 1.00. The molecule has 0 aromatic heterocycles. The van der Waals surface area contributed by atoms with Crippen molar-refractivity contribution in [2.24, 2.45) is 23.7 Å². The maximum atomic E-state index is 3.72. The number of rotatable bonds is 5. The number of hydrogen-bond acceptors (Lipinski definition) is 1. The van der Waals surface area contributed by atoms with E-state index in [1.54, 1.807) is 0 Å². The molecule has 0 spiro atoms. The van der Waals surface area contributed by atoms with E-state index in [9.17, 15) is 0 Å². The van der Waals surface area contributed by atoms with Crippen molar-refractivity contribution in [3.63, 3.8) is 0 Å². The van der Waals surface area contributed by atoms with Crippen molar-refractivity contribution in [1.82, 2.24) is 5.32 Å². The molecule has 0 radical (unpaired) electrons. The van der Waals surface area contributed by atoms with Gasteiger partial charge in [-0.05, 0) is 70.3 Å². The van der Waals surface area contributed by atoms with Crippen molar-refractivity contribution < 1.29 is 0 Å². The zero-order valence-corrected chi connectivity index (χ0v) is 13.6. The maximum absolute atomic E-state index is 3.72. The Morgan fingerprint density at radius 1 is 1.11 bits per heavy atom. The predicted molar refractivity (Wildman–Crippen MR) is 81.8 cm³/mol. The summed E-state index contributed by atoms with van der Waals surface area (Å²) >= 11 is 0. The quantitative estimate of drug-likeness (QED) is 0.737. The lowest BCUT2D eigenvalue weighted by molar-refractivity contribution is 0.131. The second-order valence-electron chi connectivity index (χ2n) is 7.76. The standard InChI is InChI=1S/C17H35N/c1-7-8-15-11-14(13(2)3)9-10-16(15)12-18-17(4,5)6/h13-16,18H,7-12H2,1-6H3. The number of hydrogen-bond donors (Lipinski definition) is 1. The molecule has 0 aromatic rings. The Labute approximate surface area is 115 Å². The van der Waals surface area contributed by atoms with Crippen LogP contribution in [0, 0.1) is 23.7 Å². The molecule has 1 saturated carbocycles. The lowest BCUT2D eigenvalue weighted by atomic mass is 9.69. The summed E-state index contributed by atoms with van der Waals surface area (Å²) < 4.78 is 0. The Morgan fingerprint density at radius 2 is 1.78 bits per heavy atom. The molecule has 1 N–H and O–H groups in total. The van der Waals surface area contributed by atoms with E-state index in [-0.39, 0.29) is 5.54 Å². The Morgan fingerprint density at radius 3 is 2.28 bits per heavy atom. The molecule has 18 heavy (non-hydrogen) atoms. The van der Waals surface area contributed by atoms with Gasteiger partial charge in [0.05, 0.1) is 0 Å². The van der Waals surface area contributed by atoms with Crippen LogP contribution in [0.15, 0.2) is 0 Å². The summed E-state index contributed by atoms with van der Waals surface area (Å²) in [6.45, 7) is 15.2. The molecule has 108 valence electrons. The molecule has 0 aliphatic heterocycles. The summed E-state index contributed by atoms with van der Waals surface area (Å²) in [4.78, 5) is 0. The first-order chi connectivity index (χ1) is 8.33. The highest BCUT2D eigenvalue weighted by molar-refractivity contribution is 4.84. The highest BCUT2D eigenvalue weighted by Crippen LogP contribution is 2.39. The fourth-order valence-electron chi connectivity index (χ4n) is 3.40. The van der Waals surface area contributed by atoms with E-state index >= 15 is 0 Å². The van der Waals surface area contributed by atoms with Crippen molar-refractivity contribution in [3.05, 3.63) is 0 Å².